The van der Waals surface area contributed by atoms with Gasteiger partial charge in [0.15, 0.2) is 17.5 Å². The van der Waals surface area contributed by atoms with Crippen LogP contribution in [0.5, 0.6) is 0 Å². The molecule has 2 aliphatic heterocycles. The molecular formula is C43H32N4. The molecular weight excluding hydrogens is 573 g/mol. The van der Waals surface area contributed by atoms with Gasteiger partial charge in [-0.2, -0.15) is 0 Å². The molecule has 2 aliphatic rings. The van der Waals surface area contributed by atoms with Crippen molar-refractivity contribution in [3.63, 3.8) is 0 Å². The van der Waals surface area contributed by atoms with Gasteiger partial charge in [0.1, 0.15) is 0 Å². The van der Waals surface area contributed by atoms with Crippen LogP contribution in [0, 0.1) is 0 Å². The molecule has 0 saturated carbocycles. The van der Waals surface area contributed by atoms with Crippen LogP contribution in [-0.4, -0.2) is 20.5 Å². The van der Waals surface area contributed by atoms with Crippen molar-refractivity contribution in [2.45, 2.75) is 25.3 Å². The van der Waals surface area contributed by atoms with Crippen molar-refractivity contribution in [1.29, 1.82) is 0 Å². The van der Waals surface area contributed by atoms with Crippen LogP contribution >= 0.6 is 0 Å². The molecule has 0 N–H and O–H groups in total. The maximum atomic E-state index is 5.01. The third-order valence-electron chi connectivity index (χ3n) is 9.61. The zero-order valence-corrected chi connectivity index (χ0v) is 26.1. The average Bonchev–Trinajstić information content (AvgIpc) is 3.59. The van der Waals surface area contributed by atoms with Gasteiger partial charge in [-0.1, -0.05) is 127 Å². The Hall–Kier alpha value is -5.87. The van der Waals surface area contributed by atoms with Gasteiger partial charge in [-0.25, -0.2) is 15.0 Å². The average molecular weight is 605 g/mol. The van der Waals surface area contributed by atoms with Crippen molar-refractivity contribution in [1.82, 2.24) is 15.0 Å². The molecule has 0 spiro atoms. The monoisotopic (exact) mass is 604 g/mol. The van der Waals surface area contributed by atoms with E-state index in [2.05, 4.69) is 127 Å². The number of benzene rings is 6. The quantitative estimate of drug-likeness (QED) is 0.196. The Bertz CT molecular complexity index is 2260. The van der Waals surface area contributed by atoms with E-state index in [0.717, 1.165) is 40.7 Å². The number of para-hydroxylation sites is 1. The number of rotatable bonds is 5. The molecule has 0 radical (unpaired) electrons. The SMILES string of the molecule is CC12Cc3ccccc3N1c1ccc(-c3ccc(-c4nc(-c5ccccc5)nc(-c5cccc(-c6ccccc6)c5)n4)cc3)cc1C2. The minimum atomic E-state index is 0.0992. The van der Waals surface area contributed by atoms with Gasteiger partial charge in [0.2, 0.25) is 0 Å². The highest BCUT2D eigenvalue weighted by molar-refractivity contribution is 5.82. The lowest BCUT2D eigenvalue weighted by molar-refractivity contribution is 0.507. The first kappa shape index (κ1) is 27.4. The molecule has 0 amide bonds. The topological polar surface area (TPSA) is 41.9 Å². The Morgan fingerprint density at radius 3 is 1.62 bits per heavy atom. The highest BCUT2D eigenvalue weighted by atomic mass is 15.2. The van der Waals surface area contributed by atoms with Crippen LogP contribution < -0.4 is 4.90 Å². The third kappa shape index (κ3) is 4.81. The summed E-state index contributed by atoms with van der Waals surface area (Å²) >= 11 is 0. The molecule has 1 unspecified atom stereocenters. The van der Waals surface area contributed by atoms with E-state index in [4.69, 9.17) is 15.0 Å². The van der Waals surface area contributed by atoms with Crippen molar-refractivity contribution in [3.8, 4) is 56.4 Å². The third-order valence-corrected chi connectivity index (χ3v) is 9.61. The van der Waals surface area contributed by atoms with E-state index in [1.165, 1.54) is 33.6 Å². The molecule has 6 aromatic carbocycles. The van der Waals surface area contributed by atoms with Gasteiger partial charge in [0.05, 0.1) is 5.54 Å². The molecule has 1 atom stereocenters. The summed E-state index contributed by atoms with van der Waals surface area (Å²) in [7, 11) is 0. The largest absolute Gasteiger partial charge is 0.334 e. The van der Waals surface area contributed by atoms with E-state index in [0.29, 0.717) is 17.5 Å². The van der Waals surface area contributed by atoms with Crippen LogP contribution in [0.25, 0.3) is 56.4 Å². The molecule has 0 fully saturated rings. The number of hydrogen-bond acceptors (Lipinski definition) is 4. The van der Waals surface area contributed by atoms with E-state index >= 15 is 0 Å². The minimum Gasteiger partial charge on any atom is -0.334 e. The Morgan fingerprint density at radius 1 is 0.404 bits per heavy atom. The van der Waals surface area contributed by atoms with Crippen LogP contribution in [0.3, 0.4) is 0 Å². The number of aromatic nitrogens is 3. The summed E-state index contributed by atoms with van der Waals surface area (Å²) in [4.78, 5) is 17.5. The molecule has 7 aromatic rings. The fraction of sp³-hybridized carbons (Fsp3) is 0.0930. The molecule has 4 nitrogen and oxygen atoms in total. The predicted octanol–water partition coefficient (Wildman–Crippen LogP) is 10.2. The first-order valence-corrected chi connectivity index (χ1v) is 16.2. The molecule has 0 bridgehead atoms. The van der Waals surface area contributed by atoms with Gasteiger partial charge in [-0.15, -0.1) is 0 Å². The highest BCUT2D eigenvalue weighted by Gasteiger charge is 2.46. The lowest BCUT2D eigenvalue weighted by atomic mass is 9.91. The first-order chi connectivity index (χ1) is 23.1. The van der Waals surface area contributed by atoms with Gasteiger partial charge in [0, 0.05) is 28.1 Å². The number of anilines is 2. The number of fused-ring (bicyclic) bond motifs is 5. The fourth-order valence-electron chi connectivity index (χ4n) is 7.39. The smallest absolute Gasteiger partial charge is 0.164 e. The predicted molar refractivity (Wildman–Crippen MR) is 191 cm³/mol. The van der Waals surface area contributed by atoms with Gasteiger partial charge in [0.25, 0.3) is 0 Å². The van der Waals surface area contributed by atoms with Crippen molar-refractivity contribution < 1.29 is 0 Å². The summed E-state index contributed by atoms with van der Waals surface area (Å²) in [6.45, 7) is 2.39. The molecule has 224 valence electrons. The maximum Gasteiger partial charge on any atom is 0.164 e. The second-order valence-corrected chi connectivity index (χ2v) is 12.9. The summed E-state index contributed by atoms with van der Waals surface area (Å²) < 4.78 is 0. The molecule has 0 aliphatic carbocycles. The van der Waals surface area contributed by atoms with Gasteiger partial charge in [-0.3, -0.25) is 0 Å². The number of nitrogens with zero attached hydrogens (tertiary/aromatic N) is 4. The maximum absolute atomic E-state index is 5.01. The fourth-order valence-corrected chi connectivity index (χ4v) is 7.39. The molecule has 9 rings (SSSR count). The van der Waals surface area contributed by atoms with Crippen molar-refractivity contribution in [3.05, 3.63) is 163 Å². The van der Waals surface area contributed by atoms with Crippen LogP contribution in [-0.2, 0) is 12.8 Å². The Kier molecular flexibility index (Phi) is 6.36. The normalized spacial score (nSPS) is 16.1. The van der Waals surface area contributed by atoms with Crippen molar-refractivity contribution in [2.24, 2.45) is 0 Å². The Labute approximate surface area is 275 Å². The van der Waals surface area contributed by atoms with E-state index in [1.807, 2.05) is 36.4 Å². The van der Waals surface area contributed by atoms with Gasteiger partial charge in [-0.05, 0) is 77.4 Å². The van der Waals surface area contributed by atoms with Gasteiger partial charge < -0.3 is 4.90 Å². The molecule has 47 heavy (non-hydrogen) atoms. The number of hydrogen-bond donors (Lipinski definition) is 0. The van der Waals surface area contributed by atoms with Crippen LogP contribution in [0.2, 0.25) is 0 Å². The second kappa shape index (κ2) is 10.9. The Morgan fingerprint density at radius 2 is 0.872 bits per heavy atom. The molecule has 4 heteroatoms. The summed E-state index contributed by atoms with van der Waals surface area (Å²) in [6, 6.07) is 53.4. The summed E-state index contributed by atoms with van der Waals surface area (Å²) in [5.74, 6) is 1.98. The zero-order valence-electron chi connectivity index (χ0n) is 26.1. The zero-order chi connectivity index (χ0) is 31.4. The Balaban J connectivity index is 1.07. The summed E-state index contributed by atoms with van der Waals surface area (Å²) in [5, 5.41) is 0. The van der Waals surface area contributed by atoms with Gasteiger partial charge >= 0.3 is 0 Å². The van der Waals surface area contributed by atoms with Crippen LogP contribution in [0.15, 0.2) is 152 Å². The summed E-state index contributed by atoms with van der Waals surface area (Å²) in [6.07, 6.45) is 2.13. The highest BCUT2D eigenvalue weighted by Crippen LogP contribution is 2.52. The lowest BCUT2D eigenvalue weighted by Gasteiger charge is -2.30. The van der Waals surface area contributed by atoms with E-state index in [9.17, 15) is 0 Å². The van der Waals surface area contributed by atoms with Crippen molar-refractivity contribution in [2.75, 3.05) is 4.90 Å². The minimum absolute atomic E-state index is 0.0992. The molecule has 1 aromatic heterocycles. The first-order valence-electron chi connectivity index (χ1n) is 16.2. The van der Waals surface area contributed by atoms with E-state index < -0.39 is 0 Å². The molecule has 0 saturated heterocycles. The van der Waals surface area contributed by atoms with Crippen molar-refractivity contribution >= 4 is 11.4 Å². The van der Waals surface area contributed by atoms with Crippen LogP contribution in [0.1, 0.15) is 18.1 Å². The van der Waals surface area contributed by atoms with E-state index in [1.54, 1.807) is 0 Å². The second-order valence-electron chi connectivity index (χ2n) is 12.9. The van der Waals surface area contributed by atoms with Crippen LogP contribution in [0.4, 0.5) is 11.4 Å². The standard InChI is InChI=1S/C43H32N4/c1-43-27-36-15-8-9-18-38(36)47(43)39-24-23-34(26-37(39)28-43)30-19-21-32(22-20-30)41-44-40(31-13-6-3-7-14-31)45-42(46-41)35-17-10-16-33(25-35)29-11-4-2-5-12-29/h2-26H,27-28H2,1H3. The molecule has 3 heterocycles. The lowest BCUT2D eigenvalue weighted by Crippen LogP contribution is -2.37. The van der Waals surface area contributed by atoms with E-state index in [-0.39, 0.29) is 5.54 Å². The summed E-state index contributed by atoms with van der Waals surface area (Å²) in [5.41, 5.74) is 13.2.